The number of anilines is 1. The van der Waals surface area contributed by atoms with E-state index in [2.05, 4.69) is 18.7 Å². The van der Waals surface area contributed by atoms with E-state index < -0.39 is 0 Å². The van der Waals surface area contributed by atoms with Gasteiger partial charge in [-0.25, -0.2) is 4.39 Å². The Kier molecular flexibility index (Phi) is 3.67. The minimum atomic E-state index is -0.185. The molecule has 0 spiro atoms. The number of likely N-dealkylation sites (tertiary alicyclic amines) is 1. The van der Waals surface area contributed by atoms with E-state index in [4.69, 9.17) is 5.73 Å². The Morgan fingerprint density at radius 2 is 2.12 bits per heavy atom. The van der Waals surface area contributed by atoms with Gasteiger partial charge in [-0.15, -0.1) is 0 Å². The lowest BCUT2D eigenvalue weighted by Gasteiger charge is -2.37. The van der Waals surface area contributed by atoms with Crippen LogP contribution in [0.1, 0.15) is 32.3 Å². The summed E-state index contributed by atoms with van der Waals surface area (Å²) in [6.07, 6.45) is 2.46. The Morgan fingerprint density at radius 3 is 2.82 bits per heavy atom. The molecule has 3 heteroatoms. The second-order valence-corrected chi connectivity index (χ2v) is 5.27. The summed E-state index contributed by atoms with van der Waals surface area (Å²) in [5.74, 6) is 0.509. The molecule has 2 unspecified atom stereocenters. The zero-order valence-electron chi connectivity index (χ0n) is 10.6. The van der Waals surface area contributed by atoms with Crippen molar-refractivity contribution in [1.29, 1.82) is 0 Å². The first kappa shape index (κ1) is 12.4. The first-order chi connectivity index (χ1) is 8.08. The second-order valence-electron chi connectivity index (χ2n) is 5.27. The molecule has 0 saturated carbocycles. The molecule has 1 heterocycles. The number of nitrogen functional groups attached to an aromatic ring is 1. The molecular formula is C14H21FN2. The predicted molar refractivity (Wildman–Crippen MR) is 69.1 cm³/mol. The Hall–Kier alpha value is -1.09. The van der Waals surface area contributed by atoms with E-state index in [-0.39, 0.29) is 5.82 Å². The fourth-order valence-corrected chi connectivity index (χ4v) is 2.55. The largest absolute Gasteiger partial charge is 0.398 e. The standard InChI is InChI=1S/C14H21FN2/c1-10-6-7-11(2)17(8-10)9-12-13(15)4-3-5-14(12)16/h3-5,10-11H,6-9,16H2,1-2H3. The maximum Gasteiger partial charge on any atom is 0.129 e. The van der Waals surface area contributed by atoms with Crippen molar-refractivity contribution in [2.75, 3.05) is 12.3 Å². The van der Waals surface area contributed by atoms with Crippen LogP contribution in [0.2, 0.25) is 0 Å². The number of hydrogen-bond acceptors (Lipinski definition) is 2. The molecule has 0 amide bonds. The molecule has 0 bridgehead atoms. The third-order valence-electron chi connectivity index (χ3n) is 3.76. The normalized spacial score (nSPS) is 26.1. The van der Waals surface area contributed by atoms with Gasteiger partial charge >= 0.3 is 0 Å². The molecule has 0 aliphatic carbocycles. The average Bonchev–Trinajstić information content (AvgIpc) is 2.28. The summed E-state index contributed by atoms with van der Waals surface area (Å²) < 4.78 is 13.7. The minimum absolute atomic E-state index is 0.185. The van der Waals surface area contributed by atoms with E-state index in [9.17, 15) is 4.39 Å². The Bertz CT molecular complexity index is 372. The van der Waals surface area contributed by atoms with Gasteiger partial charge in [0.25, 0.3) is 0 Å². The van der Waals surface area contributed by atoms with E-state index in [1.165, 1.54) is 18.9 Å². The van der Waals surface area contributed by atoms with E-state index >= 15 is 0 Å². The third kappa shape index (κ3) is 2.78. The van der Waals surface area contributed by atoms with Crippen LogP contribution in [-0.2, 0) is 6.54 Å². The van der Waals surface area contributed by atoms with Gasteiger partial charge in [-0.3, -0.25) is 4.90 Å². The zero-order valence-corrected chi connectivity index (χ0v) is 10.6. The van der Waals surface area contributed by atoms with Crippen LogP contribution in [0, 0.1) is 11.7 Å². The topological polar surface area (TPSA) is 29.3 Å². The van der Waals surface area contributed by atoms with Gasteiger partial charge in [-0.05, 0) is 37.8 Å². The monoisotopic (exact) mass is 236 g/mol. The Labute approximate surface area is 103 Å². The highest BCUT2D eigenvalue weighted by Crippen LogP contribution is 2.25. The van der Waals surface area contributed by atoms with Crippen molar-refractivity contribution in [3.05, 3.63) is 29.6 Å². The number of piperidine rings is 1. The summed E-state index contributed by atoms with van der Waals surface area (Å²) >= 11 is 0. The predicted octanol–water partition coefficient (Wildman–Crippen LogP) is 3.03. The SMILES string of the molecule is CC1CCC(C)N(Cc2c(N)cccc2F)C1. The van der Waals surface area contributed by atoms with Crippen LogP contribution in [0.25, 0.3) is 0 Å². The molecule has 0 radical (unpaired) electrons. The van der Waals surface area contributed by atoms with Gasteiger partial charge in [0.1, 0.15) is 5.82 Å². The quantitative estimate of drug-likeness (QED) is 0.800. The van der Waals surface area contributed by atoms with Crippen LogP contribution in [-0.4, -0.2) is 17.5 Å². The smallest absolute Gasteiger partial charge is 0.129 e. The van der Waals surface area contributed by atoms with E-state index in [0.717, 1.165) is 6.54 Å². The molecule has 2 nitrogen and oxygen atoms in total. The van der Waals surface area contributed by atoms with Crippen LogP contribution in [0.4, 0.5) is 10.1 Å². The molecule has 1 aromatic carbocycles. The molecule has 1 aliphatic rings. The molecule has 2 rings (SSSR count). The summed E-state index contributed by atoms with van der Waals surface area (Å²) in [5, 5.41) is 0. The van der Waals surface area contributed by atoms with E-state index in [1.807, 2.05) is 0 Å². The summed E-state index contributed by atoms with van der Waals surface area (Å²) in [5.41, 5.74) is 7.06. The molecule has 0 aromatic heterocycles. The van der Waals surface area contributed by atoms with Gasteiger partial charge in [0.05, 0.1) is 0 Å². The molecule has 2 atom stereocenters. The van der Waals surface area contributed by atoms with Gasteiger partial charge in [0.15, 0.2) is 0 Å². The molecule has 2 N–H and O–H groups in total. The third-order valence-corrected chi connectivity index (χ3v) is 3.76. The zero-order chi connectivity index (χ0) is 12.4. The van der Waals surface area contributed by atoms with Gasteiger partial charge in [-0.1, -0.05) is 13.0 Å². The molecule has 94 valence electrons. The molecule has 1 aliphatic heterocycles. The highest BCUT2D eigenvalue weighted by Gasteiger charge is 2.24. The number of nitrogens with zero attached hydrogens (tertiary/aromatic N) is 1. The molecule has 1 aromatic rings. The van der Waals surface area contributed by atoms with Gasteiger partial charge in [-0.2, -0.15) is 0 Å². The van der Waals surface area contributed by atoms with Crippen molar-refractivity contribution in [2.45, 2.75) is 39.3 Å². The van der Waals surface area contributed by atoms with Crippen LogP contribution in [0.15, 0.2) is 18.2 Å². The van der Waals surface area contributed by atoms with Crippen molar-refractivity contribution in [3.8, 4) is 0 Å². The maximum absolute atomic E-state index is 13.7. The second kappa shape index (κ2) is 5.05. The first-order valence-corrected chi connectivity index (χ1v) is 6.35. The average molecular weight is 236 g/mol. The van der Waals surface area contributed by atoms with E-state index in [0.29, 0.717) is 29.8 Å². The van der Waals surface area contributed by atoms with E-state index in [1.54, 1.807) is 12.1 Å². The Morgan fingerprint density at radius 1 is 1.35 bits per heavy atom. The summed E-state index contributed by atoms with van der Waals surface area (Å²) in [4.78, 5) is 2.34. The van der Waals surface area contributed by atoms with Crippen molar-refractivity contribution < 1.29 is 4.39 Å². The van der Waals surface area contributed by atoms with Gasteiger partial charge in [0, 0.05) is 30.4 Å². The molecule has 1 fully saturated rings. The van der Waals surface area contributed by atoms with Crippen LogP contribution >= 0.6 is 0 Å². The fourth-order valence-electron chi connectivity index (χ4n) is 2.55. The lowest BCUT2D eigenvalue weighted by atomic mass is 9.94. The van der Waals surface area contributed by atoms with Crippen LogP contribution < -0.4 is 5.73 Å². The number of halogens is 1. The highest BCUT2D eigenvalue weighted by atomic mass is 19.1. The fraction of sp³-hybridized carbons (Fsp3) is 0.571. The number of hydrogen-bond donors (Lipinski definition) is 1. The van der Waals surface area contributed by atoms with Crippen molar-refractivity contribution in [3.63, 3.8) is 0 Å². The summed E-state index contributed by atoms with van der Waals surface area (Å²) in [6.45, 7) is 6.13. The number of rotatable bonds is 2. The number of benzene rings is 1. The lowest BCUT2D eigenvalue weighted by molar-refractivity contribution is 0.116. The van der Waals surface area contributed by atoms with Gasteiger partial charge in [0.2, 0.25) is 0 Å². The molecule has 1 saturated heterocycles. The lowest BCUT2D eigenvalue weighted by Crippen LogP contribution is -2.40. The highest BCUT2D eigenvalue weighted by molar-refractivity contribution is 5.47. The van der Waals surface area contributed by atoms with Crippen molar-refractivity contribution >= 4 is 5.69 Å². The molecule has 17 heavy (non-hydrogen) atoms. The van der Waals surface area contributed by atoms with Crippen molar-refractivity contribution in [2.24, 2.45) is 5.92 Å². The van der Waals surface area contributed by atoms with Gasteiger partial charge < -0.3 is 5.73 Å². The maximum atomic E-state index is 13.7. The molecular weight excluding hydrogens is 215 g/mol. The van der Waals surface area contributed by atoms with Crippen LogP contribution in [0.5, 0.6) is 0 Å². The first-order valence-electron chi connectivity index (χ1n) is 6.35. The summed E-state index contributed by atoms with van der Waals surface area (Å²) in [6, 6.07) is 5.45. The minimum Gasteiger partial charge on any atom is -0.398 e. The number of nitrogens with two attached hydrogens (primary N) is 1. The van der Waals surface area contributed by atoms with Crippen LogP contribution in [0.3, 0.4) is 0 Å². The summed E-state index contributed by atoms with van der Waals surface area (Å²) in [7, 11) is 0. The van der Waals surface area contributed by atoms with Crippen molar-refractivity contribution in [1.82, 2.24) is 4.90 Å². The Balaban J connectivity index is 2.14.